The van der Waals surface area contributed by atoms with Crippen LogP contribution in [0, 0.1) is 17.8 Å². The van der Waals surface area contributed by atoms with Crippen LogP contribution in [-0.2, 0) is 0 Å². The predicted octanol–water partition coefficient (Wildman–Crippen LogP) is 4.14. The van der Waals surface area contributed by atoms with Crippen molar-refractivity contribution < 1.29 is 9.90 Å². The number of nitrogens with zero attached hydrogens (tertiary/aromatic N) is 2. The molecule has 7 rings (SSSR count). The summed E-state index contributed by atoms with van der Waals surface area (Å²) in [7, 11) is 0. The van der Waals surface area contributed by atoms with Gasteiger partial charge in [-0.15, -0.1) is 0 Å². The molecule has 0 spiro atoms. The Labute approximate surface area is 190 Å². The zero-order chi connectivity index (χ0) is 21.7. The first kappa shape index (κ1) is 20.2. The lowest BCUT2D eigenvalue weighted by Gasteiger charge is -2.58. The van der Waals surface area contributed by atoms with Crippen LogP contribution in [-0.4, -0.2) is 40.7 Å². The highest BCUT2D eigenvalue weighted by Crippen LogP contribution is 2.55. The molecule has 5 nitrogen and oxygen atoms in total. The summed E-state index contributed by atoms with van der Waals surface area (Å²) in [5, 5.41) is 14.1. The smallest absolute Gasteiger partial charge is 0.270 e. The van der Waals surface area contributed by atoms with Gasteiger partial charge in [-0.2, -0.15) is 0 Å². The molecule has 4 aliphatic carbocycles. The summed E-state index contributed by atoms with van der Waals surface area (Å²) in [5.41, 5.74) is 1.47. The van der Waals surface area contributed by atoms with Crippen molar-refractivity contribution in [2.24, 2.45) is 17.8 Å². The van der Waals surface area contributed by atoms with Gasteiger partial charge >= 0.3 is 0 Å². The first-order valence-electron chi connectivity index (χ1n) is 12.4. The van der Waals surface area contributed by atoms with Crippen LogP contribution in [0.2, 0.25) is 0 Å². The fraction of sp³-hybridized carbons (Fsp3) is 0.556. The number of benzene rings is 1. The van der Waals surface area contributed by atoms with Gasteiger partial charge in [0.05, 0.1) is 5.60 Å². The van der Waals surface area contributed by atoms with E-state index in [-0.39, 0.29) is 11.9 Å². The standard InChI is InChI=1S/C27H33N3O2/c31-26(29-25-21-13-18-14-22(25)17-27(32,15-18)16-21)23-7-4-8-24(28-23)30-11-9-20(10-12-30)19-5-2-1-3-6-19/h1-8,18,20-22,25,32H,9-17H2,(H,29,31)/t18?,21?,22?,25-,27-. The van der Waals surface area contributed by atoms with Gasteiger partial charge in [0.25, 0.3) is 5.91 Å². The molecule has 4 saturated carbocycles. The number of hydrogen-bond acceptors (Lipinski definition) is 4. The minimum atomic E-state index is -0.470. The summed E-state index contributed by atoms with van der Waals surface area (Å²) in [6.07, 6.45) is 7.16. The number of carbonyl (C=O) groups is 1. The molecule has 168 valence electrons. The normalized spacial score (nSPS) is 34.0. The first-order chi connectivity index (χ1) is 15.6. The van der Waals surface area contributed by atoms with Crippen molar-refractivity contribution in [2.45, 2.75) is 62.5 Å². The number of nitrogens with one attached hydrogen (secondary N) is 1. The summed E-state index contributed by atoms with van der Waals surface area (Å²) in [6, 6.07) is 16.8. The van der Waals surface area contributed by atoms with Crippen molar-refractivity contribution in [1.29, 1.82) is 0 Å². The van der Waals surface area contributed by atoms with Gasteiger partial charge in [-0.3, -0.25) is 4.79 Å². The maximum absolute atomic E-state index is 13.1. The Kier molecular flexibility index (Phi) is 4.98. The number of rotatable bonds is 4. The Morgan fingerprint density at radius 2 is 1.69 bits per heavy atom. The van der Waals surface area contributed by atoms with E-state index >= 15 is 0 Å². The Bertz CT molecular complexity index is 969. The summed E-state index contributed by atoms with van der Waals surface area (Å²) in [6.45, 7) is 1.93. The largest absolute Gasteiger partial charge is 0.390 e. The molecule has 5 aliphatic rings. The highest BCUT2D eigenvalue weighted by atomic mass is 16.3. The summed E-state index contributed by atoms with van der Waals surface area (Å²) >= 11 is 0. The van der Waals surface area contributed by atoms with Gasteiger partial charge < -0.3 is 15.3 Å². The lowest BCUT2D eigenvalue weighted by Crippen LogP contribution is -2.61. The van der Waals surface area contributed by atoms with Gasteiger partial charge in [0, 0.05) is 19.1 Å². The topological polar surface area (TPSA) is 65.5 Å². The van der Waals surface area contributed by atoms with Gasteiger partial charge in [-0.25, -0.2) is 4.98 Å². The van der Waals surface area contributed by atoms with E-state index in [1.807, 2.05) is 18.2 Å². The highest BCUT2D eigenvalue weighted by molar-refractivity contribution is 5.93. The molecule has 2 unspecified atom stereocenters. The molecule has 2 aromatic rings. The third-order valence-electron chi connectivity index (χ3n) is 8.60. The fourth-order valence-corrected chi connectivity index (χ4v) is 7.34. The average Bonchev–Trinajstić information content (AvgIpc) is 2.81. The number of hydrogen-bond donors (Lipinski definition) is 2. The first-order valence-corrected chi connectivity index (χ1v) is 12.4. The zero-order valence-corrected chi connectivity index (χ0v) is 18.6. The number of carbonyl (C=O) groups excluding carboxylic acids is 1. The van der Waals surface area contributed by atoms with Crippen LogP contribution in [0.25, 0.3) is 0 Å². The number of amides is 1. The van der Waals surface area contributed by atoms with E-state index in [1.165, 1.54) is 5.56 Å². The van der Waals surface area contributed by atoms with Gasteiger partial charge in [-0.1, -0.05) is 36.4 Å². The molecule has 1 aromatic heterocycles. The maximum atomic E-state index is 13.1. The zero-order valence-electron chi connectivity index (χ0n) is 18.6. The van der Waals surface area contributed by atoms with Crippen LogP contribution >= 0.6 is 0 Å². The second-order valence-corrected chi connectivity index (χ2v) is 10.7. The second-order valence-electron chi connectivity index (χ2n) is 10.7. The van der Waals surface area contributed by atoms with E-state index in [4.69, 9.17) is 4.98 Å². The predicted molar refractivity (Wildman–Crippen MR) is 125 cm³/mol. The van der Waals surface area contributed by atoms with Crippen LogP contribution in [0.4, 0.5) is 5.82 Å². The Hall–Kier alpha value is -2.40. The van der Waals surface area contributed by atoms with Crippen molar-refractivity contribution in [2.75, 3.05) is 18.0 Å². The molecule has 4 bridgehead atoms. The van der Waals surface area contributed by atoms with Crippen LogP contribution < -0.4 is 10.2 Å². The van der Waals surface area contributed by atoms with Crippen LogP contribution in [0.5, 0.6) is 0 Å². The molecule has 2 heterocycles. The molecule has 32 heavy (non-hydrogen) atoms. The molecule has 5 heteroatoms. The molecule has 1 aliphatic heterocycles. The quantitative estimate of drug-likeness (QED) is 0.764. The maximum Gasteiger partial charge on any atom is 0.270 e. The van der Waals surface area contributed by atoms with E-state index in [9.17, 15) is 9.90 Å². The third-order valence-corrected chi connectivity index (χ3v) is 8.60. The van der Waals surface area contributed by atoms with E-state index in [0.29, 0.717) is 29.4 Å². The van der Waals surface area contributed by atoms with E-state index in [1.54, 1.807) is 0 Å². The SMILES string of the molecule is O=C(N[C@H]1C2CC3CC1C[C@](O)(C3)C2)c1cccc(N2CCC(c3ccccc3)CC2)n1. The minimum absolute atomic E-state index is 0.0597. The number of aromatic nitrogens is 1. The van der Waals surface area contributed by atoms with E-state index in [0.717, 1.165) is 63.9 Å². The van der Waals surface area contributed by atoms with E-state index < -0.39 is 5.60 Å². The van der Waals surface area contributed by atoms with Crippen molar-refractivity contribution >= 4 is 11.7 Å². The summed E-state index contributed by atoms with van der Waals surface area (Å²) < 4.78 is 0. The van der Waals surface area contributed by atoms with Crippen molar-refractivity contribution in [3.05, 3.63) is 59.8 Å². The molecule has 5 fully saturated rings. The Balaban J connectivity index is 1.11. The van der Waals surface area contributed by atoms with Gasteiger partial charge in [0.2, 0.25) is 0 Å². The van der Waals surface area contributed by atoms with Gasteiger partial charge in [0.15, 0.2) is 0 Å². The lowest BCUT2D eigenvalue weighted by molar-refractivity contribution is -0.136. The number of piperidine rings is 1. The molecule has 1 saturated heterocycles. The Morgan fingerprint density at radius 1 is 0.969 bits per heavy atom. The van der Waals surface area contributed by atoms with Crippen LogP contribution in [0.3, 0.4) is 0 Å². The van der Waals surface area contributed by atoms with Crippen LogP contribution in [0.15, 0.2) is 48.5 Å². The molecule has 2 N–H and O–H groups in total. The average molecular weight is 432 g/mol. The number of pyridine rings is 1. The van der Waals surface area contributed by atoms with Gasteiger partial charge in [0.1, 0.15) is 11.5 Å². The lowest BCUT2D eigenvalue weighted by atomic mass is 9.52. The minimum Gasteiger partial charge on any atom is -0.390 e. The molecule has 0 radical (unpaired) electrons. The summed E-state index contributed by atoms with van der Waals surface area (Å²) in [5.74, 6) is 2.92. The number of aliphatic hydroxyl groups is 1. The second kappa shape index (κ2) is 7.87. The van der Waals surface area contributed by atoms with Crippen molar-refractivity contribution in [3.63, 3.8) is 0 Å². The van der Waals surface area contributed by atoms with Crippen LogP contribution in [0.1, 0.15) is 66.9 Å². The van der Waals surface area contributed by atoms with Crippen molar-refractivity contribution in [3.8, 4) is 0 Å². The fourth-order valence-electron chi connectivity index (χ4n) is 7.34. The molecule has 1 aromatic carbocycles. The van der Waals surface area contributed by atoms with Gasteiger partial charge in [-0.05, 0) is 86.3 Å². The monoisotopic (exact) mass is 431 g/mol. The Morgan fingerprint density at radius 3 is 2.38 bits per heavy atom. The van der Waals surface area contributed by atoms with E-state index in [2.05, 4.69) is 40.5 Å². The third kappa shape index (κ3) is 3.71. The van der Waals surface area contributed by atoms with Crippen molar-refractivity contribution in [1.82, 2.24) is 10.3 Å². The molecule has 1 amide bonds. The summed E-state index contributed by atoms with van der Waals surface area (Å²) in [4.78, 5) is 20.2. The molecular formula is C27H33N3O2. The highest BCUT2D eigenvalue weighted by Gasteiger charge is 2.55. The molecule has 2 atom stereocenters. The number of anilines is 1. The molecular weight excluding hydrogens is 398 g/mol.